The lowest BCUT2D eigenvalue weighted by Gasteiger charge is -2.14. The quantitative estimate of drug-likeness (QED) is 0.719. The summed E-state index contributed by atoms with van der Waals surface area (Å²) in [4.78, 5) is 23.7. The van der Waals surface area contributed by atoms with Gasteiger partial charge in [-0.15, -0.1) is 0 Å². The van der Waals surface area contributed by atoms with E-state index < -0.39 is 11.9 Å². The first-order valence-corrected chi connectivity index (χ1v) is 9.47. The molecule has 2 aromatic carbocycles. The molecule has 0 saturated carbocycles. The summed E-state index contributed by atoms with van der Waals surface area (Å²) in [7, 11) is 0. The standard InChI is InChI=1S/C20H23NO3S/c1-2-25-14-16-8-10-17(11-9-16)19(22)21-13-18(20(23)24)12-15-6-4-3-5-7-15/h3-11,18H,2,12-14H2,1H3,(H,21,22)(H,23,24). The third-order valence-electron chi connectivity index (χ3n) is 3.87. The smallest absolute Gasteiger partial charge is 0.308 e. The van der Waals surface area contributed by atoms with Crippen molar-refractivity contribution in [2.45, 2.75) is 19.1 Å². The molecule has 1 unspecified atom stereocenters. The van der Waals surface area contributed by atoms with E-state index in [0.717, 1.165) is 17.1 Å². The predicted octanol–water partition coefficient (Wildman–Crippen LogP) is 3.61. The Hall–Kier alpha value is -2.27. The molecule has 132 valence electrons. The molecule has 5 heteroatoms. The summed E-state index contributed by atoms with van der Waals surface area (Å²) in [5.41, 5.74) is 2.67. The molecule has 0 saturated heterocycles. The number of aliphatic carboxylic acids is 1. The lowest BCUT2D eigenvalue weighted by Crippen LogP contribution is -2.34. The number of rotatable bonds is 9. The van der Waals surface area contributed by atoms with E-state index in [0.29, 0.717) is 12.0 Å². The number of carboxylic acids is 1. The highest BCUT2D eigenvalue weighted by atomic mass is 32.2. The van der Waals surface area contributed by atoms with E-state index in [2.05, 4.69) is 12.2 Å². The number of hydrogen-bond donors (Lipinski definition) is 2. The van der Waals surface area contributed by atoms with E-state index in [1.807, 2.05) is 54.2 Å². The molecular formula is C20H23NO3S. The molecule has 0 aromatic heterocycles. The molecular weight excluding hydrogens is 334 g/mol. The Labute approximate surface area is 152 Å². The lowest BCUT2D eigenvalue weighted by atomic mass is 9.99. The Morgan fingerprint density at radius 2 is 1.72 bits per heavy atom. The molecule has 0 fully saturated rings. The average Bonchev–Trinajstić information content (AvgIpc) is 2.64. The first-order valence-electron chi connectivity index (χ1n) is 8.31. The van der Waals surface area contributed by atoms with Crippen LogP contribution >= 0.6 is 11.8 Å². The van der Waals surface area contributed by atoms with E-state index in [9.17, 15) is 14.7 Å². The summed E-state index contributed by atoms with van der Waals surface area (Å²) in [5, 5.41) is 12.1. The second kappa shape index (κ2) is 9.89. The summed E-state index contributed by atoms with van der Waals surface area (Å²) < 4.78 is 0. The van der Waals surface area contributed by atoms with Gasteiger partial charge < -0.3 is 10.4 Å². The number of carboxylic acid groups (broad SMARTS) is 1. The van der Waals surface area contributed by atoms with Crippen molar-refractivity contribution in [3.8, 4) is 0 Å². The molecule has 0 aliphatic carbocycles. The summed E-state index contributed by atoms with van der Waals surface area (Å²) in [6, 6.07) is 16.9. The number of carbonyl (C=O) groups excluding carboxylic acids is 1. The number of benzene rings is 2. The van der Waals surface area contributed by atoms with Gasteiger partial charge in [-0.05, 0) is 35.4 Å². The van der Waals surface area contributed by atoms with E-state index in [-0.39, 0.29) is 12.5 Å². The van der Waals surface area contributed by atoms with Crippen LogP contribution in [0, 0.1) is 5.92 Å². The predicted molar refractivity (Wildman–Crippen MR) is 102 cm³/mol. The largest absolute Gasteiger partial charge is 0.481 e. The minimum Gasteiger partial charge on any atom is -0.481 e. The maximum absolute atomic E-state index is 12.2. The number of thioether (sulfide) groups is 1. The van der Waals surface area contributed by atoms with Crippen molar-refractivity contribution in [1.29, 1.82) is 0 Å². The van der Waals surface area contributed by atoms with Gasteiger partial charge in [0, 0.05) is 17.9 Å². The molecule has 2 N–H and O–H groups in total. The van der Waals surface area contributed by atoms with Crippen LogP contribution in [0.15, 0.2) is 54.6 Å². The summed E-state index contributed by atoms with van der Waals surface area (Å²) >= 11 is 1.83. The normalized spacial score (nSPS) is 11.7. The summed E-state index contributed by atoms with van der Waals surface area (Å²) in [6.45, 7) is 2.22. The van der Waals surface area contributed by atoms with Gasteiger partial charge in [0.25, 0.3) is 5.91 Å². The van der Waals surface area contributed by atoms with Crippen molar-refractivity contribution in [1.82, 2.24) is 5.32 Å². The second-order valence-corrected chi connectivity index (χ2v) is 7.04. The molecule has 0 aliphatic rings. The molecule has 0 aliphatic heterocycles. The Morgan fingerprint density at radius 3 is 2.32 bits per heavy atom. The number of amides is 1. The van der Waals surface area contributed by atoms with Crippen LogP contribution in [0.3, 0.4) is 0 Å². The fraction of sp³-hybridized carbons (Fsp3) is 0.300. The van der Waals surface area contributed by atoms with Crippen LogP contribution in [0.1, 0.15) is 28.4 Å². The van der Waals surface area contributed by atoms with Crippen molar-refractivity contribution in [2.75, 3.05) is 12.3 Å². The van der Waals surface area contributed by atoms with Gasteiger partial charge in [-0.2, -0.15) is 11.8 Å². The fourth-order valence-corrected chi connectivity index (χ4v) is 3.07. The van der Waals surface area contributed by atoms with E-state index >= 15 is 0 Å². The Bertz CT molecular complexity index is 686. The molecule has 0 radical (unpaired) electrons. The van der Waals surface area contributed by atoms with E-state index in [1.165, 1.54) is 5.56 Å². The molecule has 1 atom stereocenters. The third-order valence-corrected chi connectivity index (χ3v) is 4.82. The fourth-order valence-electron chi connectivity index (χ4n) is 2.44. The number of hydrogen-bond acceptors (Lipinski definition) is 3. The van der Waals surface area contributed by atoms with Gasteiger partial charge in [0.2, 0.25) is 0 Å². The zero-order valence-electron chi connectivity index (χ0n) is 14.3. The minimum absolute atomic E-state index is 0.108. The maximum atomic E-state index is 12.2. The van der Waals surface area contributed by atoms with Gasteiger partial charge in [-0.25, -0.2) is 0 Å². The molecule has 0 spiro atoms. The van der Waals surface area contributed by atoms with Crippen molar-refractivity contribution in [2.24, 2.45) is 5.92 Å². The van der Waals surface area contributed by atoms with Gasteiger partial charge >= 0.3 is 5.97 Å². The van der Waals surface area contributed by atoms with Crippen molar-refractivity contribution in [3.05, 3.63) is 71.3 Å². The van der Waals surface area contributed by atoms with Gasteiger partial charge in [0.05, 0.1) is 5.92 Å². The molecule has 0 heterocycles. The number of carbonyl (C=O) groups is 2. The van der Waals surface area contributed by atoms with E-state index in [1.54, 1.807) is 12.1 Å². The van der Waals surface area contributed by atoms with Crippen molar-refractivity contribution in [3.63, 3.8) is 0 Å². The van der Waals surface area contributed by atoms with Gasteiger partial charge in [-0.3, -0.25) is 9.59 Å². The van der Waals surface area contributed by atoms with Crippen LogP contribution in [0.4, 0.5) is 0 Å². The highest BCUT2D eigenvalue weighted by Crippen LogP contribution is 2.13. The van der Waals surface area contributed by atoms with Gasteiger partial charge in [0.1, 0.15) is 0 Å². The first kappa shape index (κ1) is 19.1. The lowest BCUT2D eigenvalue weighted by molar-refractivity contribution is -0.141. The zero-order chi connectivity index (χ0) is 18.1. The average molecular weight is 357 g/mol. The van der Waals surface area contributed by atoms with E-state index in [4.69, 9.17) is 0 Å². The van der Waals surface area contributed by atoms with Gasteiger partial charge in [-0.1, -0.05) is 49.4 Å². The SMILES string of the molecule is CCSCc1ccc(C(=O)NCC(Cc2ccccc2)C(=O)O)cc1. The number of nitrogens with one attached hydrogen (secondary N) is 1. The van der Waals surface area contributed by atoms with Crippen LogP contribution < -0.4 is 5.32 Å². The Kier molecular flexibility index (Phi) is 7.54. The van der Waals surface area contributed by atoms with Crippen LogP contribution in [0.5, 0.6) is 0 Å². The molecule has 2 aromatic rings. The Morgan fingerprint density at radius 1 is 1.04 bits per heavy atom. The monoisotopic (exact) mass is 357 g/mol. The first-order chi connectivity index (χ1) is 12.1. The zero-order valence-corrected chi connectivity index (χ0v) is 15.1. The Balaban J connectivity index is 1.91. The maximum Gasteiger partial charge on any atom is 0.308 e. The summed E-state index contributed by atoms with van der Waals surface area (Å²) in [6.07, 6.45) is 0.392. The molecule has 2 rings (SSSR count). The third kappa shape index (κ3) is 6.27. The minimum atomic E-state index is -0.906. The topological polar surface area (TPSA) is 66.4 Å². The molecule has 1 amide bonds. The van der Waals surface area contributed by atoms with Crippen LogP contribution in [0.25, 0.3) is 0 Å². The molecule has 4 nitrogen and oxygen atoms in total. The highest BCUT2D eigenvalue weighted by Gasteiger charge is 2.19. The molecule has 25 heavy (non-hydrogen) atoms. The highest BCUT2D eigenvalue weighted by molar-refractivity contribution is 7.98. The van der Waals surface area contributed by atoms with Crippen molar-refractivity contribution < 1.29 is 14.7 Å². The van der Waals surface area contributed by atoms with Crippen LogP contribution in [-0.4, -0.2) is 29.3 Å². The second-order valence-electron chi connectivity index (χ2n) is 5.77. The van der Waals surface area contributed by atoms with Gasteiger partial charge in [0.15, 0.2) is 0 Å². The summed E-state index contributed by atoms with van der Waals surface area (Å²) in [5.74, 6) is 0.188. The van der Waals surface area contributed by atoms with Crippen LogP contribution in [-0.2, 0) is 17.0 Å². The molecule has 0 bridgehead atoms. The van der Waals surface area contributed by atoms with Crippen molar-refractivity contribution >= 4 is 23.6 Å². The van der Waals surface area contributed by atoms with Crippen LogP contribution in [0.2, 0.25) is 0 Å².